The molecule has 34 heavy (non-hydrogen) atoms. The van der Waals surface area contributed by atoms with Gasteiger partial charge in [0.2, 0.25) is 11.8 Å². The average molecular weight is 489 g/mol. The molecule has 0 saturated carbocycles. The van der Waals surface area contributed by atoms with Crippen molar-refractivity contribution in [1.82, 2.24) is 5.32 Å². The Kier molecular flexibility index (Phi) is 7.21. The predicted molar refractivity (Wildman–Crippen MR) is 127 cm³/mol. The summed E-state index contributed by atoms with van der Waals surface area (Å²) in [6.07, 6.45) is 1.41. The van der Waals surface area contributed by atoms with Gasteiger partial charge in [-0.1, -0.05) is 19.9 Å². The van der Waals surface area contributed by atoms with Gasteiger partial charge < -0.3 is 25.3 Å². The molecule has 9 nitrogen and oxygen atoms in total. The van der Waals surface area contributed by atoms with Gasteiger partial charge in [-0.25, -0.2) is 8.42 Å². The number of fused-ring (bicyclic) bond motifs is 1. The van der Waals surface area contributed by atoms with E-state index in [1.165, 1.54) is 25.3 Å². The molecule has 1 unspecified atom stereocenters. The maximum absolute atomic E-state index is 12.7. The van der Waals surface area contributed by atoms with Crippen molar-refractivity contribution in [2.75, 3.05) is 13.4 Å². The van der Waals surface area contributed by atoms with Gasteiger partial charge in [0, 0.05) is 17.2 Å². The van der Waals surface area contributed by atoms with Crippen LogP contribution in [0.4, 0.5) is 0 Å². The lowest BCUT2D eigenvalue weighted by Crippen LogP contribution is -2.45. The molecule has 0 spiro atoms. The number of hydrogen-bond acceptors (Lipinski definition) is 7. The molecule has 1 heterocycles. The Hall–Kier alpha value is -3.53. The van der Waals surface area contributed by atoms with Crippen molar-refractivity contribution in [3.8, 4) is 22.8 Å². The fourth-order valence-corrected chi connectivity index (χ4v) is 4.81. The predicted octanol–water partition coefficient (Wildman–Crippen LogP) is 2.78. The zero-order chi connectivity index (χ0) is 25.2. The molecule has 0 bridgehead atoms. The lowest BCUT2D eigenvalue weighted by Gasteiger charge is -2.17. The van der Waals surface area contributed by atoms with Crippen molar-refractivity contribution in [3.63, 3.8) is 0 Å². The molecule has 0 radical (unpaired) electrons. The van der Waals surface area contributed by atoms with Crippen LogP contribution in [0, 0.1) is 5.92 Å². The van der Waals surface area contributed by atoms with E-state index in [1.54, 1.807) is 18.2 Å². The number of nitrogens with one attached hydrogen (secondary N) is 1. The number of amides is 2. The maximum Gasteiger partial charge on any atom is 0.240 e. The Morgan fingerprint density at radius 3 is 2.47 bits per heavy atom. The summed E-state index contributed by atoms with van der Waals surface area (Å²) in [5, 5.41) is 12.8. The normalized spacial score (nSPS) is 12.6. The number of aromatic hydroxyl groups is 1. The maximum atomic E-state index is 12.7. The highest BCUT2D eigenvalue weighted by Crippen LogP contribution is 2.40. The largest absolute Gasteiger partial charge is 0.504 e. The fourth-order valence-electron chi connectivity index (χ4n) is 3.76. The number of benzene rings is 2. The van der Waals surface area contributed by atoms with Crippen LogP contribution in [0.5, 0.6) is 11.5 Å². The van der Waals surface area contributed by atoms with E-state index in [-0.39, 0.29) is 34.5 Å². The monoisotopic (exact) mass is 488 g/mol. The Morgan fingerprint density at radius 1 is 1.18 bits per heavy atom. The third-order valence-corrected chi connectivity index (χ3v) is 6.42. The Balaban J connectivity index is 2.01. The van der Waals surface area contributed by atoms with E-state index in [0.29, 0.717) is 28.5 Å². The van der Waals surface area contributed by atoms with Gasteiger partial charge in [-0.2, -0.15) is 0 Å². The SMILES string of the molecule is COc1cc(-c2oc3ccc(CC(=O)NC(CC(C)C)C(N)=O)cc3c2S(C)(=O)=O)ccc1O. The molecule has 4 N–H and O–H groups in total. The Bertz CT molecular complexity index is 1340. The van der Waals surface area contributed by atoms with Crippen molar-refractivity contribution >= 4 is 32.6 Å². The van der Waals surface area contributed by atoms with Crippen LogP contribution in [0.2, 0.25) is 0 Å². The second kappa shape index (κ2) is 9.76. The number of phenolic OH excluding ortho intramolecular Hbond substituents is 1. The van der Waals surface area contributed by atoms with Crippen LogP contribution in [0.25, 0.3) is 22.3 Å². The summed E-state index contributed by atoms with van der Waals surface area (Å²) in [4.78, 5) is 24.2. The molecule has 0 aliphatic rings. The van der Waals surface area contributed by atoms with Gasteiger partial charge in [0.05, 0.1) is 13.5 Å². The number of furan rings is 1. The number of carbonyl (C=O) groups is 2. The second-order valence-corrected chi connectivity index (χ2v) is 10.5. The lowest BCUT2D eigenvalue weighted by molar-refractivity contribution is -0.127. The number of hydrogen-bond donors (Lipinski definition) is 3. The Labute approximate surface area is 197 Å². The first-order chi connectivity index (χ1) is 15.9. The second-order valence-electron chi connectivity index (χ2n) is 8.58. The first-order valence-corrected chi connectivity index (χ1v) is 12.5. The minimum atomic E-state index is -3.74. The topological polar surface area (TPSA) is 149 Å². The summed E-state index contributed by atoms with van der Waals surface area (Å²) in [6, 6.07) is 8.43. The zero-order valence-electron chi connectivity index (χ0n) is 19.4. The molecular formula is C24H28N2O7S. The molecule has 10 heteroatoms. The molecule has 3 rings (SSSR count). The van der Waals surface area contributed by atoms with Crippen LogP contribution in [-0.4, -0.2) is 44.7 Å². The lowest BCUT2D eigenvalue weighted by atomic mass is 10.0. The summed E-state index contributed by atoms with van der Waals surface area (Å²) < 4.78 is 36.4. The van der Waals surface area contributed by atoms with Crippen molar-refractivity contribution in [2.45, 2.75) is 37.6 Å². The van der Waals surface area contributed by atoms with Crippen molar-refractivity contribution in [2.24, 2.45) is 11.7 Å². The highest BCUT2D eigenvalue weighted by atomic mass is 32.2. The summed E-state index contributed by atoms with van der Waals surface area (Å²) in [7, 11) is -2.36. The third kappa shape index (κ3) is 5.51. The van der Waals surface area contributed by atoms with E-state index < -0.39 is 27.7 Å². The number of primary amides is 1. The minimum Gasteiger partial charge on any atom is -0.504 e. The number of carbonyl (C=O) groups excluding carboxylic acids is 2. The van der Waals surface area contributed by atoms with Crippen molar-refractivity contribution in [3.05, 3.63) is 42.0 Å². The molecule has 0 aliphatic carbocycles. The van der Waals surface area contributed by atoms with Crippen LogP contribution in [-0.2, 0) is 25.8 Å². The number of sulfone groups is 1. The van der Waals surface area contributed by atoms with E-state index in [9.17, 15) is 23.1 Å². The van der Waals surface area contributed by atoms with E-state index >= 15 is 0 Å². The molecule has 1 atom stereocenters. The molecule has 182 valence electrons. The molecule has 0 fully saturated rings. The van der Waals surface area contributed by atoms with Gasteiger partial charge in [-0.05, 0) is 48.2 Å². The van der Waals surface area contributed by atoms with Crippen molar-refractivity contribution in [1.29, 1.82) is 0 Å². The smallest absolute Gasteiger partial charge is 0.240 e. The molecule has 0 aliphatic heterocycles. The summed E-state index contributed by atoms with van der Waals surface area (Å²) in [5.41, 5.74) is 6.67. The highest BCUT2D eigenvalue weighted by Gasteiger charge is 2.25. The van der Waals surface area contributed by atoms with Crippen LogP contribution in [0.3, 0.4) is 0 Å². The molecule has 1 aromatic heterocycles. The van der Waals surface area contributed by atoms with Gasteiger partial charge in [-0.3, -0.25) is 9.59 Å². The number of methoxy groups -OCH3 is 1. The van der Waals surface area contributed by atoms with E-state index in [0.717, 1.165) is 6.26 Å². The summed E-state index contributed by atoms with van der Waals surface area (Å²) >= 11 is 0. The van der Waals surface area contributed by atoms with Crippen LogP contribution in [0.15, 0.2) is 45.7 Å². The van der Waals surface area contributed by atoms with Gasteiger partial charge in [-0.15, -0.1) is 0 Å². The van der Waals surface area contributed by atoms with E-state index in [4.69, 9.17) is 14.9 Å². The van der Waals surface area contributed by atoms with E-state index in [1.807, 2.05) is 13.8 Å². The van der Waals surface area contributed by atoms with Crippen LogP contribution >= 0.6 is 0 Å². The van der Waals surface area contributed by atoms with Gasteiger partial charge in [0.1, 0.15) is 16.5 Å². The first kappa shape index (κ1) is 25.1. The number of phenols is 1. The van der Waals surface area contributed by atoms with E-state index in [2.05, 4.69) is 5.32 Å². The van der Waals surface area contributed by atoms with Crippen LogP contribution < -0.4 is 15.8 Å². The average Bonchev–Trinajstić information content (AvgIpc) is 3.12. The molecule has 2 aromatic carbocycles. The van der Waals surface area contributed by atoms with Gasteiger partial charge in [0.15, 0.2) is 27.1 Å². The molecule has 2 amide bonds. The standard InChI is InChI=1S/C24H28N2O7S/c1-13(2)9-17(24(25)29)26-21(28)11-14-5-8-19-16(10-14)23(34(4,30)31)22(33-19)15-6-7-18(27)20(12-15)32-3/h5-8,10,12-13,17,27H,9,11H2,1-4H3,(H2,25,29)(H,26,28). The number of rotatable bonds is 9. The molecule has 0 saturated heterocycles. The Morgan fingerprint density at radius 2 is 1.88 bits per heavy atom. The number of nitrogens with two attached hydrogens (primary N) is 1. The first-order valence-electron chi connectivity index (χ1n) is 10.6. The third-order valence-electron chi connectivity index (χ3n) is 5.27. The molecular weight excluding hydrogens is 460 g/mol. The number of ether oxygens (including phenoxy) is 1. The highest BCUT2D eigenvalue weighted by molar-refractivity contribution is 7.91. The summed E-state index contributed by atoms with van der Waals surface area (Å²) in [5.74, 6) is -0.682. The fraction of sp³-hybridized carbons (Fsp3) is 0.333. The minimum absolute atomic E-state index is 0.0349. The zero-order valence-corrected chi connectivity index (χ0v) is 20.2. The molecule has 3 aromatic rings. The van der Waals surface area contributed by atoms with Gasteiger partial charge >= 0.3 is 0 Å². The van der Waals surface area contributed by atoms with Crippen molar-refractivity contribution < 1.29 is 32.3 Å². The summed E-state index contributed by atoms with van der Waals surface area (Å²) in [6.45, 7) is 3.84. The van der Waals surface area contributed by atoms with Gasteiger partial charge in [0.25, 0.3) is 0 Å². The van der Waals surface area contributed by atoms with Crippen LogP contribution in [0.1, 0.15) is 25.8 Å². The quantitative estimate of drug-likeness (QED) is 0.419.